The molecule has 0 atom stereocenters. The van der Waals surface area contributed by atoms with Crippen LogP contribution in [0.15, 0.2) is 6.20 Å². The number of alkyl halides is 1. The Morgan fingerprint density at radius 1 is 1.47 bits per heavy atom. The zero-order valence-corrected chi connectivity index (χ0v) is 12.8. The second kappa shape index (κ2) is 6.14. The summed E-state index contributed by atoms with van der Waals surface area (Å²) in [7, 11) is 1.53. The Balaban J connectivity index is 2.18. The first-order valence-corrected chi connectivity index (χ1v) is 7.40. The second-order valence-corrected chi connectivity index (χ2v) is 5.95. The van der Waals surface area contributed by atoms with Gasteiger partial charge in [-0.2, -0.15) is 4.98 Å². The van der Waals surface area contributed by atoms with E-state index in [0.29, 0.717) is 22.7 Å². The summed E-state index contributed by atoms with van der Waals surface area (Å²) in [6.07, 6.45) is 5.93. The highest BCUT2D eigenvalue weighted by Gasteiger charge is 2.34. The number of hydrogen-bond donors (Lipinski definition) is 1. The average Bonchev–Trinajstić information content (AvgIpc) is 2.44. The minimum absolute atomic E-state index is 0.128. The number of methoxy groups -OCH3 is 1. The van der Waals surface area contributed by atoms with Crippen LogP contribution in [0.5, 0.6) is 6.01 Å². The van der Waals surface area contributed by atoms with E-state index in [0.717, 1.165) is 18.8 Å². The molecule has 1 saturated carbocycles. The quantitative estimate of drug-likeness (QED) is 0.861. The van der Waals surface area contributed by atoms with Crippen molar-refractivity contribution in [2.45, 2.75) is 38.1 Å². The molecular formula is C13H19Cl2N3O. The third-order valence-electron chi connectivity index (χ3n) is 3.78. The lowest BCUT2D eigenvalue weighted by atomic mass is 9.78. The zero-order valence-electron chi connectivity index (χ0n) is 11.2. The molecule has 4 nitrogen and oxygen atoms in total. The molecular weight excluding hydrogens is 285 g/mol. The molecule has 106 valence electrons. The lowest BCUT2D eigenvalue weighted by molar-refractivity contribution is 0.286. The van der Waals surface area contributed by atoms with Crippen LogP contribution in [0.2, 0.25) is 5.02 Å². The maximum absolute atomic E-state index is 6.18. The monoisotopic (exact) mass is 303 g/mol. The van der Waals surface area contributed by atoms with E-state index in [1.54, 1.807) is 6.20 Å². The molecule has 0 aromatic carbocycles. The maximum Gasteiger partial charge on any atom is 0.318 e. The molecule has 19 heavy (non-hydrogen) atoms. The van der Waals surface area contributed by atoms with Crippen molar-refractivity contribution >= 4 is 29.0 Å². The summed E-state index contributed by atoms with van der Waals surface area (Å²) in [6.45, 7) is 2.28. The smallest absolute Gasteiger partial charge is 0.318 e. The molecule has 0 unspecified atom stereocenters. The van der Waals surface area contributed by atoms with E-state index in [1.165, 1.54) is 20.0 Å². The fourth-order valence-electron chi connectivity index (χ4n) is 2.39. The van der Waals surface area contributed by atoms with Gasteiger partial charge in [0.15, 0.2) is 5.82 Å². The molecule has 1 aliphatic rings. The van der Waals surface area contributed by atoms with Crippen LogP contribution in [0.4, 0.5) is 5.82 Å². The van der Waals surface area contributed by atoms with Gasteiger partial charge < -0.3 is 10.1 Å². The molecule has 2 rings (SSSR count). The molecule has 1 aromatic heterocycles. The summed E-state index contributed by atoms with van der Waals surface area (Å²) in [5.41, 5.74) is -0.128. The highest BCUT2D eigenvalue weighted by molar-refractivity contribution is 6.32. The summed E-state index contributed by atoms with van der Waals surface area (Å²) in [4.78, 5) is 8.23. The standard InChI is InChI=1S/C13H19Cl2N3O/c1-9-3-5-13(8-14,6-4-9)18-11-10(15)7-16-12(17-11)19-2/h7,9H,3-6,8H2,1-2H3,(H,16,17,18). The molecule has 6 heteroatoms. The van der Waals surface area contributed by atoms with E-state index in [1.807, 2.05) is 0 Å². The lowest BCUT2D eigenvalue weighted by Gasteiger charge is -2.39. The van der Waals surface area contributed by atoms with Crippen molar-refractivity contribution in [1.82, 2.24) is 9.97 Å². The Morgan fingerprint density at radius 2 is 2.16 bits per heavy atom. The van der Waals surface area contributed by atoms with Crippen LogP contribution in [-0.2, 0) is 0 Å². The highest BCUT2D eigenvalue weighted by atomic mass is 35.5. The van der Waals surface area contributed by atoms with Gasteiger partial charge in [0.25, 0.3) is 0 Å². The molecule has 0 radical (unpaired) electrons. The van der Waals surface area contributed by atoms with Crippen molar-refractivity contribution < 1.29 is 4.74 Å². The zero-order chi connectivity index (χ0) is 13.9. The average molecular weight is 304 g/mol. The predicted molar refractivity (Wildman–Crippen MR) is 78.3 cm³/mol. The summed E-state index contributed by atoms with van der Waals surface area (Å²) >= 11 is 12.3. The molecule has 1 fully saturated rings. The van der Waals surface area contributed by atoms with Gasteiger partial charge in [0, 0.05) is 5.88 Å². The normalized spacial score (nSPS) is 27.1. The number of anilines is 1. The molecule has 1 N–H and O–H groups in total. The van der Waals surface area contributed by atoms with Crippen LogP contribution in [0.25, 0.3) is 0 Å². The van der Waals surface area contributed by atoms with E-state index < -0.39 is 0 Å². The summed E-state index contributed by atoms with van der Waals surface area (Å²) in [5, 5.41) is 3.90. The number of nitrogens with one attached hydrogen (secondary N) is 1. The Kier molecular flexibility index (Phi) is 4.74. The van der Waals surface area contributed by atoms with Crippen LogP contribution < -0.4 is 10.1 Å². The van der Waals surface area contributed by atoms with Crippen molar-refractivity contribution in [2.75, 3.05) is 18.3 Å². The van der Waals surface area contributed by atoms with Gasteiger partial charge in [0.05, 0.1) is 18.8 Å². The minimum Gasteiger partial charge on any atom is -0.467 e. The van der Waals surface area contributed by atoms with Gasteiger partial charge in [-0.25, -0.2) is 4.98 Å². The van der Waals surface area contributed by atoms with Crippen LogP contribution >= 0.6 is 23.2 Å². The van der Waals surface area contributed by atoms with Gasteiger partial charge in [0.2, 0.25) is 0 Å². The molecule has 0 saturated heterocycles. The highest BCUT2D eigenvalue weighted by Crippen LogP contribution is 2.36. The number of aromatic nitrogens is 2. The largest absolute Gasteiger partial charge is 0.467 e. The molecule has 0 aliphatic heterocycles. The molecule has 0 spiro atoms. The Labute approximate surface area is 123 Å². The molecule has 1 aliphatic carbocycles. The first-order chi connectivity index (χ1) is 9.08. The van der Waals surface area contributed by atoms with Crippen LogP contribution in [0, 0.1) is 5.92 Å². The Hall–Kier alpha value is -0.740. The van der Waals surface area contributed by atoms with Crippen molar-refractivity contribution in [2.24, 2.45) is 5.92 Å². The first kappa shape index (κ1) is 14.7. The van der Waals surface area contributed by atoms with E-state index >= 15 is 0 Å². The van der Waals surface area contributed by atoms with Crippen LogP contribution in [-0.4, -0.2) is 28.5 Å². The van der Waals surface area contributed by atoms with Gasteiger partial charge in [0.1, 0.15) is 5.02 Å². The molecule has 1 heterocycles. The van der Waals surface area contributed by atoms with Crippen molar-refractivity contribution in [3.05, 3.63) is 11.2 Å². The molecule has 0 amide bonds. The van der Waals surface area contributed by atoms with Gasteiger partial charge in [-0.05, 0) is 31.6 Å². The number of rotatable bonds is 4. The number of ether oxygens (including phenoxy) is 1. The van der Waals surface area contributed by atoms with E-state index in [-0.39, 0.29) is 5.54 Å². The fourth-order valence-corrected chi connectivity index (χ4v) is 2.87. The van der Waals surface area contributed by atoms with Gasteiger partial charge in [-0.3, -0.25) is 0 Å². The SMILES string of the molecule is COc1ncc(Cl)c(NC2(CCl)CCC(C)CC2)n1. The minimum atomic E-state index is -0.128. The summed E-state index contributed by atoms with van der Waals surface area (Å²) < 4.78 is 5.03. The summed E-state index contributed by atoms with van der Waals surface area (Å²) in [5.74, 6) is 1.90. The lowest BCUT2D eigenvalue weighted by Crippen LogP contribution is -2.43. The van der Waals surface area contributed by atoms with Crippen molar-refractivity contribution in [3.8, 4) is 6.01 Å². The van der Waals surface area contributed by atoms with Gasteiger partial charge in [-0.1, -0.05) is 18.5 Å². The topological polar surface area (TPSA) is 47.0 Å². The summed E-state index contributed by atoms with van der Waals surface area (Å²) in [6, 6.07) is 0.306. The van der Waals surface area contributed by atoms with Gasteiger partial charge in [-0.15, -0.1) is 11.6 Å². The third kappa shape index (κ3) is 3.42. The van der Waals surface area contributed by atoms with E-state index in [4.69, 9.17) is 27.9 Å². The Morgan fingerprint density at radius 3 is 2.74 bits per heavy atom. The van der Waals surface area contributed by atoms with E-state index in [2.05, 4.69) is 22.2 Å². The molecule has 1 aromatic rings. The molecule has 0 bridgehead atoms. The second-order valence-electron chi connectivity index (χ2n) is 5.27. The van der Waals surface area contributed by atoms with Gasteiger partial charge >= 0.3 is 6.01 Å². The van der Waals surface area contributed by atoms with Crippen LogP contribution in [0.1, 0.15) is 32.6 Å². The fraction of sp³-hybridized carbons (Fsp3) is 0.692. The maximum atomic E-state index is 6.18. The number of halogens is 2. The first-order valence-electron chi connectivity index (χ1n) is 6.49. The van der Waals surface area contributed by atoms with E-state index in [9.17, 15) is 0 Å². The number of hydrogen-bond acceptors (Lipinski definition) is 4. The van der Waals surface area contributed by atoms with Crippen molar-refractivity contribution in [1.29, 1.82) is 0 Å². The van der Waals surface area contributed by atoms with Crippen molar-refractivity contribution in [3.63, 3.8) is 0 Å². The Bertz CT molecular complexity index is 434. The number of nitrogens with zero attached hydrogens (tertiary/aromatic N) is 2. The predicted octanol–water partition coefficient (Wildman–Crippen LogP) is 3.74. The third-order valence-corrected chi connectivity index (χ3v) is 4.56. The van der Waals surface area contributed by atoms with Crippen LogP contribution in [0.3, 0.4) is 0 Å².